The standard InChI is InChI=1S/C18H32N2/c1-6-8-13-20(15(4)7-2)18(16(5)19)17-11-9-14(3)10-12-17/h9-12,15-16,18H,6-8,13,19H2,1-5H3. The largest absolute Gasteiger partial charge is 0.326 e. The summed E-state index contributed by atoms with van der Waals surface area (Å²) in [5.41, 5.74) is 8.99. The molecule has 1 aromatic rings. The molecule has 0 heterocycles. The summed E-state index contributed by atoms with van der Waals surface area (Å²) in [5.74, 6) is 0. The second-order valence-electron chi connectivity index (χ2n) is 6.06. The van der Waals surface area contributed by atoms with Crippen molar-refractivity contribution in [1.82, 2.24) is 4.90 Å². The quantitative estimate of drug-likeness (QED) is 0.767. The third-order valence-corrected chi connectivity index (χ3v) is 4.20. The lowest BCUT2D eigenvalue weighted by Gasteiger charge is -2.39. The lowest BCUT2D eigenvalue weighted by atomic mass is 9.96. The van der Waals surface area contributed by atoms with E-state index in [-0.39, 0.29) is 6.04 Å². The van der Waals surface area contributed by atoms with Crippen LogP contribution in [-0.2, 0) is 0 Å². The fourth-order valence-electron chi connectivity index (χ4n) is 2.77. The van der Waals surface area contributed by atoms with Crippen molar-refractivity contribution in [3.8, 4) is 0 Å². The third kappa shape index (κ3) is 4.60. The van der Waals surface area contributed by atoms with Gasteiger partial charge in [0.15, 0.2) is 0 Å². The van der Waals surface area contributed by atoms with E-state index in [2.05, 4.69) is 63.8 Å². The van der Waals surface area contributed by atoms with E-state index in [1.165, 1.54) is 30.4 Å². The zero-order valence-corrected chi connectivity index (χ0v) is 13.9. The molecule has 0 aliphatic carbocycles. The first kappa shape index (κ1) is 17.2. The van der Waals surface area contributed by atoms with Crippen LogP contribution in [0.15, 0.2) is 24.3 Å². The Morgan fingerprint density at radius 3 is 2.15 bits per heavy atom. The van der Waals surface area contributed by atoms with Crippen LogP contribution in [0.4, 0.5) is 0 Å². The molecule has 0 radical (unpaired) electrons. The van der Waals surface area contributed by atoms with Crippen LogP contribution in [-0.4, -0.2) is 23.5 Å². The van der Waals surface area contributed by atoms with Crippen molar-refractivity contribution in [3.63, 3.8) is 0 Å². The van der Waals surface area contributed by atoms with Crippen molar-refractivity contribution in [2.45, 2.75) is 72.0 Å². The van der Waals surface area contributed by atoms with Gasteiger partial charge in [-0.3, -0.25) is 4.90 Å². The summed E-state index contributed by atoms with van der Waals surface area (Å²) in [4.78, 5) is 2.60. The molecule has 0 saturated carbocycles. The fraction of sp³-hybridized carbons (Fsp3) is 0.667. The number of benzene rings is 1. The molecular weight excluding hydrogens is 244 g/mol. The van der Waals surface area contributed by atoms with Gasteiger partial charge in [-0.1, -0.05) is 50.1 Å². The van der Waals surface area contributed by atoms with E-state index in [9.17, 15) is 0 Å². The second-order valence-corrected chi connectivity index (χ2v) is 6.06. The first-order valence-corrected chi connectivity index (χ1v) is 8.09. The predicted molar refractivity (Wildman–Crippen MR) is 88.9 cm³/mol. The fourth-order valence-corrected chi connectivity index (χ4v) is 2.77. The van der Waals surface area contributed by atoms with Gasteiger partial charge in [-0.25, -0.2) is 0 Å². The number of rotatable bonds is 8. The van der Waals surface area contributed by atoms with Gasteiger partial charge in [0, 0.05) is 18.1 Å². The summed E-state index contributed by atoms with van der Waals surface area (Å²) >= 11 is 0. The third-order valence-electron chi connectivity index (χ3n) is 4.20. The summed E-state index contributed by atoms with van der Waals surface area (Å²) < 4.78 is 0. The van der Waals surface area contributed by atoms with Crippen molar-refractivity contribution in [2.24, 2.45) is 5.73 Å². The Labute approximate surface area is 125 Å². The van der Waals surface area contributed by atoms with Crippen LogP contribution in [0.1, 0.15) is 64.1 Å². The zero-order valence-electron chi connectivity index (χ0n) is 13.9. The van der Waals surface area contributed by atoms with Crippen LogP contribution >= 0.6 is 0 Å². The molecule has 1 aromatic carbocycles. The molecule has 2 N–H and O–H groups in total. The average molecular weight is 276 g/mol. The minimum absolute atomic E-state index is 0.142. The highest BCUT2D eigenvalue weighted by atomic mass is 15.2. The molecule has 2 heteroatoms. The molecule has 20 heavy (non-hydrogen) atoms. The Balaban J connectivity index is 3.03. The van der Waals surface area contributed by atoms with Crippen molar-refractivity contribution >= 4 is 0 Å². The zero-order chi connectivity index (χ0) is 15.1. The molecule has 0 amide bonds. The summed E-state index contributed by atoms with van der Waals surface area (Å²) in [6, 6.07) is 9.90. The van der Waals surface area contributed by atoms with Gasteiger partial charge in [-0.2, -0.15) is 0 Å². The van der Waals surface area contributed by atoms with Crippen LogP contribution in [0.3, 0.4) is 0 Å². The predicted octanol–water partition coefficient (Wildman–Crippen LogP) is 4.28. The molecule has 3 atom stereocenters. The molecule has 0 aliphatic rings. The molecule has 1 rings (SSSR count). The molecule has 2 nitrogen and oxygen atoms in total. The topological polar surface area (TPSA) is 29.3 Å². The molecule has 0 spiro atoms. The van der Waals surface area contributed by atoms with Gasteiger partial charge >= 0.3 is 0 Å². The maximum Gasteiger partial charge on any atom is 0.0499 e. The van der Waals surface area contributed by atoms with E-state index in [1.54, 1.807) is 0 Å². The number of unbranched alkanes of at least 4 members (excludes halogenated alkanes) is 1. The maximum absolute atomic E-state index is 6.33. The molecule has 0 fully saturated rings. The van der Waals surface area contributed by atoms with Crippen molar-refractivity contribution in [1.29, 1.82) is 0 Å². The molecule has 0 aliphatic heterocycles. The van der Waals surface area contributed by atoms with Crippen LogP contribution in [0.5, 0.6) is 0 Å². The van der Waals surface area contributed by atoms with Gasteiger partial charge in [0.2, 0.25) is 0 Å². The molecule has 3 unspecified atom stereocenters. The maximum atomic E-state index is 6.33. The van der Waals surface area contributed by atoms with Crippen LogP contribution in [0.2, 0.25) is 0 Å². The van der Waals surface area contributed by atoms with Crippen LogP contribution in [0.25, 0.3) is 0 Å². The minimum atomic E-state index is 0.142. The SMILES string of the molecule is CCCCN(C(C)CC)C(c1ccc(C)cc1)C(C)N. The lowest BCUT2D eigenvalue weighted by Crippen LogP contribution is -2.44. The number of nitrogens with two attached hydrogens (primary N) is 1. The van der Waals surface area contributed by atoms with Crippen LogP contribution in [0, 0.1) is 6.92 Å². The minimum Gasteiger partial charge on any atom is -0.326 e. The smallest absolute Gasteiger partial charge is 0.0499 e. The van der Waals surface area contributed by atoms with Gasteiger partial charge in [0.25, 0.3) is 0 Å². The summed E-state index contributed by atoms with van der Waals surface area (Å²) in [7, 11) is 0. The second kappa shape index (κ2) is 8.43. The Kier molecular flexibility index (Phi) is 7.25. The number of nitrogens with zero attached hydrogens (tertiary/aromatic N) is 1. The van der Waals surface area contributed by atoms with E-state index in [0.717, 1.165) is 6.54 Å². The normalized spacial score (nSPS) is 16.1. The number of hydrogen-bond donors (Lipinski definition) is 1. The Morgan fingerprint density at radius 2 is 1.70 bits per heavy atom. The van der Waals surface area contributed by atoms with Crippen molar-refractivity contribution in [3.05, 3.63) is 35.4 Å². The summed E-state index contributed by atoms with van der Waals surface area (Å²) in [6.07, 6.45) is 3.63. The highest BCUT2D eigenvalue weighted by Gasteiger charge is 2.26. The molecule has 114 valence electrons. The van der Waals surface area contributed by atoms with Crippen LogP contribution < -0.4 is 5.73 Å². The van der Waals surface area contributed by atoms with E-state index in [4.69, 9.17) is 5.73 Å². The average Bonchev–Trinajstić information content (AvgIpc) is 2.43. The highest BCUT2D eigenvalue weighted by Crippen LogP contribution is 2.27. The summed E-state index contributed by atoms with van der Waals surface area (Å²) in [5, 5.41) is 0. The first-order chi connectivity index (χ1) is 9.51. The van der Waals surface area contributed by atoms with Crippen molar-refractivity contribution in [2.75, 3.05) is 6.54 Å². The number of aryl methyl sites for hydroxylation is 1. The van der Waals surface area contributed by atoms with Gasteiger partial charge in [0.1, 0.15) is 0 Å². The van der Waals surface area contributed by atoms with E-state index in [1.807, 2.05) is 0 Å². The van der Waals surface area contributed by atoms with E-state index >= 15 is 0 Å². The van der Waals surface area contributed by atoms with Gasteiger partial charge in [0.05, 0.1) is 0 Å². The Hall–Kier alpha value is -0.860. The molecule has 0 aromatic heterocycles. The lowest BCUT2D eigenvalue weighted by molar-refractivity contribution is 0.121. The van der Waals surface area contributed by atoms with E-state index < -0.39 is 0 Å². The molecular formula is C18H32N2. The Bertz CT molecular complexity index is 370. The van der Waals surface area contributed by atoms with E-state index in [0.29, 0.717) is 12.1 Å². The monoisotopic (exact) mass is 276 g/mol. The first-order valence-electron chi connectivity index (χ1n) is 8.09. The van der Waals surface area contributed by atoms with Crippen molar-refractivity contribution < 1.29 is 0 Å². The van der Waals surface area contributed by atoms with Gasteiger partial charge in [-0.05, 0) is 45.7 Å². The highest BCUT2D eigenvalue weighted by molar-refractivity contribution is 5.25. The molecule has 0 saturated heterocycles. The molecule has 0 bridgehead atoms. The number of hydrogen-bond acceptors (Lipinski definition) is 2. The van der Waals surface area contributed by atoms with Gasteiger partial charge in [-0.15, -0.1) is 0 Å². The van der Waals surface area contributed by atoms with Gasteiger partial charge < -0.3 is 5.73 Å². The summed E-state index contributed by atoms with van der Waals surface area (Å²) in [6.45, 7) is 12.2. The Morgan fingerprint density at radius 1 is 1.10 bits per heavy atom.